The van der Waals surface area contributed by atoms with Crippen LogP contribution >= 0.6 is 0 Å². The number of nitrogens with zero attached hydrogens (tertiary/aromatic N) is 4. The third kappa shape index (κ3) is 24.9. The molecule has 0 unspecified atom stereocenters. The fourth-order valence-electron chi connectivity index (χ4n) is 4.36. The predicted octanol–water partition coefficient (Wildman–Crippen LogP) is -9.62. The van der Waals surface area contributed by atoms with Gasteiger partial charge in [0.05, 0.1) is 27.5 Å². The molecule has 0 fully saturated rings. The summed E-state index contributed by atoms with van der Waals surface area (Å²) in [5.74, 6) is -2.51. The molecule has 0 heterocycles. The molecular weight excluding hydrogens is 1100 g/mol. The second-order valence-electron chi connectivity index (χ2n) is 10.8. The Morgan fingerprint density at radius 2 is 1.18 bits per heavy atom. The fraction of sp³-hybridized carbons (Fsp3) is 0.172. The number of phenolic OH excluding ortho intramolecular Hbond substituents is 2. The summed E-state index contributed by atoms with van der Waals surface area (Å²) in [6.07, 6.45) is 0. The number of phenols is 2. The Bertz CT molecular complexity index is 3010. The molecule has 0 saturated carbocycles. The van der Waals surface area contributed by atoms with Crippen molar-refractivity contribution >= 4 is 100 Å². The van der Waals surface area contributed by atoms with E-state index < -0.39 is 93.9 Å². The van der Waals surface area contributed by atoms with Gasteiger partial charge in [-0.2, -0.15) is 22.4 Å². The smallest absolute Gasteiger partial charge is 0.744 e. The van der Waals surface area contributed by atoms with Gasteiger partial charge in [-0.25, -0.2) is 42.1 Å². The van der Waals surface area contributed by atoms with Crippen LogP contribution < -0.4 is 128 Å². The number of hydrogen-bond donors (Lipinski definition) is 5. The van der Waals surface area contributed by atoms with Gasteiger partial charge in [0.2, 0.25) is 20.8 Å². The van der Waals surface area contributed by atoms with Gasteiger partial charge in [0.15, 0.2) is 25.4 Å². The van der Waals surface area contributed by atoms with Gasteiger partial charge in [0.25, 0.3) is 0 Å². The summed E-state index contributed by atoms with van der Waals surface area (Å²) in [6.45, 7) is 8.33. The van der Waals surface area contributed by atoms with Crippen molar-refractivity contribution in [1.82, 2.24) is 0 Å². The zero-order chi connectivity index (χ0) is 47.5. The molecule has 349 valence electrons. The van der Waals surface area contributed by atoms with E-state index in [-0.39, 0.29) is 174 Å². The minimum absolute atomic E-state index is 0. The van der Waals surface area contributed by atoms with Crippen LogP contribution in [-0.4, -0.2) is 113 Å². The first-order valence-corrected chi connectivity index (χ1v) is 23.6. The molecule has 0 aliphatic rings. The van der Waals surface area contributed by atoms with Gasteiger partial charge < -0.3 is 47.8 Å². The van der Waals surface area contributed by atoms with Crippen molar-refractivity contribution in [3.63, 3.8) is 0 Å². The minimum atomic E-state index is -5.33. The SMILES string of the molecule is O=S(=O)([O-])O.O=S(=O)([O-])O.O=S(=O)=O.[CH2-]CS(=O)(=O)c1cc(N=Nc2[c-]cc3c(N=Nc4cc(C)c(S(=O)(=O)C[CH2-])cc4OC)c(NC)ccc3c2O)c(O)c(S(=O)(=O)[O-])c1.[Cu].[Na+].[Na+].[Na+].[Na+]. The van der Waals surface area contributed by atoms with Crippen LogP contribution in [0.1, 0.15) is 5.56 Å². The summed E-state index contributed by atoms with van der Waals surface area (Å²) in [7, 11) is -23.1. The quantitative estimate of drug-likeness (QED) is 0.0306. The van der Waals surface area contributed by atoms with E-state index >= 15 is 0 Å². The van der Waals surface area contributed by atoms with E-state index in [4.69, 9.17) is 52.4 Å². The van der Waals surface area contributed by atoms with Crippen LogP contribution in [0, 0.1) is 26.8 Å². The van der Waals surface area contributed by atoms with E-state index in [0.717, 1.165) is 6.07 Å². The molecular formula is C29H29CuN5Na4O21S6-2. The number of aromatic hydroxyl groups is 2. The maximum Gasteiger partial charge on any atom is 1.00 e. The van der Waals surface area contributed by atoms with Crippen molar-refractivity contribution in [3.05, 3.63) is 67.9 Å². The molecule has 37 heteroatoms. The molecule has 0 aliphatic carbocycles. The number of rotatable bonds is 11. The molecule has 0 amide bonds. The molecule has 66 heavy (non-hydrogen) atoms. The Morgan fingerprint density at radius 1 is 0.712 bits per heavy atom. The summed E-state index contributed by atoms with van der Waals surface area (Å²) >= 11 is 0. The largest absolute Gasteiger partial charge is 1.00 e. The monoisotopic (exact) mass is 1130 g/mol. The third-order valence-electron chi connectivity index (χ3n) is 6.84. The van der Waals surface area contributed by atoms with Crippen LogP contribution in [-0.2, 0) is 78.3 Å². The van der Waals surface area contributed by atoms with E-state index in [2.05, 4.69) is 45.7 Å². The van der Waals surface area contributed by atoms with E-state index in [1.807, 2.05) is 0 Å². The number of nitrogens with one attached hydrogen (secondary N) is 1. The zero-order valence-corrected chi connectivity index (χ0v) is 49.0. The van der Waals surface area contributed by atoms with Gasteiger partial charge >= 0.3 is 129 Å². The first-order valence-electron chi connectivity index (χ1n) is 15.1. The average molecular weight is 1130 g/mol. The second-order valence-corrected chi connectivity index (χ2v) is 18.4. The molecule has 0 saturated heterocycles. The molecule has 0 atom stereocenters. The molecule has 0 aliphatic heterocycles. The number of azo groups is 2. The Hall–Kier alpha value is -0.771. The number of anilines is 1. The summed E-state index contributed by atoms with van der Waals surface area (Å²) in [5.41, 5.74) is 0.358. The van der Waals surface area contributed by atoms with Crippen molar-refractivity contribution in [2.45, 2.75) is 21.6 Å². The minimum Gasteiger partial charge on any atom is -0.744 e. The molecule has 0 spiro atoms. The normalized spacial score (nSPS) is 11.2. The van der Waals surface area contributed by atoms with Crippen molar-refractivity contribution in [3.8, 4) is 17.2 Å². The Labute approximate surface area is 479 Å². The predicted molar refractivity (Wildman–Crippen MR) is 205 cm³/mol. The molecule has 26 nitrogen and oxygen atoms in total. The van der Waals surface area contributed by atoms with E-state index in [1.165, 1.54) is 31.4 Å². The van der Waals surface area contributed by atoms with Gasteiger partial charge in [-0.3, -0.25) is 9.11 Å². The molecule has 4 rings (SSSR count). The topological polar surface area (TPSA) is 443 Å². The molecule has 0 bridgehead atoms. The second kappa shape index (κ2) is 31.5. The first-order chi connectivity index (χ1) is 27.7. The summed E-state index contributed by atoms with van der Waals surface area (Å²) in [6, 6.07) is 11.3. The van der Waals surface area contributed by atoms with E-state index in [1.54, 1.807) is 20.0 Å². The Balaban J connectivity index is -0.000000572. The van der Waals surface area contributed by atoms with Crippen LogP contribution in [0.2, 0.25) is 0 Å². The summed E-state index contributed by atoms with van der Waals surface area (Å²) < 4.78 is 181. The van der Waals surface area contributed by atoms with Crippen molar-refractivity contribution in [1.29, 1.82) is 0 Å². The van der Waals surface area contributed by atoms with Crippen LogP contribution in [0.5, 0.6) is 17.2 Å². The number of fused-ring (bicyclic) bond motifs is 1. The molecule has 5 N–H and O–H groups in total. The van der Waals surface area contributed by atoms with Gasteiger partial charge in [-0.1, -0.05) is 28.3 Å². The molecule has 0 aromatic heterocycles. The van der Waals surface area contributed by atoms with E-state index in [9.17, 15) is 40.0 Å². The van der Waals surface area contributed by atoms with Gasteiger partial charge in [0.1, 0.15) is 27.2 Å². The summed E-state index contributed by atoms with van der Waals surface area (Å²) in [4.78, 5) is -1.83. The fourth-order valence-corrected chi connectivity index (χ4v) is 6.93. The van der Waals surface area contributed by atoms with Crippen molar-refractivity contribution in [2.24, 2.45) is 20.5 Å². The van der Waals surface area contributed by atoms with Crippen LogP contribution in [0.25, 0.3) is 10.8 Å². The van der Waals surface area contributed by atoms with Gasteiger partial charge in [0, 0.05) is 47.3 Å². The van der Waals surface area contributed by atoms with E-state index in [0.29, 0.717) is 22.7 Å². The number of methoxy groups -OCH3 is 1. The number of hydrogen-bond acceptors (Lipinski definition) is 24. The number of benzene rings is 4. The maximum absolute atomic E-state index is 12.4. The number of ether oxygens (including phenoxy) is 1. The zero-order valence-electron chi connectivity index (χ0n) is 35.1. The van der Waals surface area contributed by atoms with Crippen LogP contribution in [0.4, 0.5) is 28.4 Å². The Kier molecular flexibility index (Phi) is 35.5. The van der Waals surface area contributed by atoms with Crippen LogP contribution in [0.3, 0.4) is 0 Å². The van der Waals surface area contributed by atoms with Gasteiger partial charge in [-0.05, 0) is 36.8 Å². The van der Waals surface area contributed by atoms with Gasteiger partial charge in [-0.15, -0.1) is 22.9 Å². The molecule has 4 aromatic rings. The molecule has 1 radical (unpaired) electrons. The number of sulfone groups is 2. The maximum atomic E-state index is 12.4. The first kappa shape index (κ1) is 74.2. The average Bonchev–Trinajstić information content (AvgIpc) is 3.11. The Morgan fingerprint density at radius 3 is 1.61 bits per heavy atom. The van der Waals surface area contributed by atoms with Crippen molar-refractivity contribution in [2.75, 3.05) is 31.0 Å². The number of aryl methyl sites for hydroxylation is 1. The third-order valence-corrected chi connectivity index (χ3v) is 10.8. The standard InChI is InChI=1S/C29H28N5O10S3.Cu.4Na.2H2O4S.O3S/c1-6-45(37,38)17-13-23(29(36)26(14-17)47(41,42)43)33-31-21-11-8-18-19(28(21)35)9-10-20(30-4)27(18)34-32-22-12-16(3)25(15-24(22)44-5)46(39,40)7-2;;;;;;2*1-5(2,3)4;1-4(2)3/h8-10,12-15,30,35-36H,1-2,6-7H2,3-5H3,(H,41,42,43);;;;;;2*(H2,1,2,3,4);/q-3;;4*+1;;;/p-3. The molecule has 4 aromatic carbocycles. The van der Waals surface area contributed by atoms with Crippen LogP contribution in [0.15, 0.2) is 77.6 Å². The van der Waals surface area contributed by atoms with Crippen molar-refractivity contribution < 1.29 is 228 Å². The summed E-state index contributed by atoms with van der Waals surface area (Å²) in [5, 5.41) is 41.0.